The molecule has 2 aromatic rings. The molecule has 0 radical (unpaired) electrons. The highest BCUT2D eigenvalue weighted by Crippen LogP contribution is 2.21. The lowest BCUT2D eigenvalue weighted by Crippen LogP contribution is -2.14. The average Bonchev–Trinajstić information content (AvgIpc) is 2.32. The van der Waals surface area contributed by atoms with E-state index in [1.54, 1.807) is 13.0 Å². The van der Waals surface area contributed by atoms with E-state index in [-0.39, 0.29) is 11.4 Å². The van der Waals surface area contributed by atoms with E-state index in [1.807, 2.05) is 0 Å². The van der Waals surface area contributed by atoms with Crippen molar-refractivity contribution < 1.29 is 14.3 Å². The van der Waals surface area contributed by atoms with E-state index < -0.39 is 11.7 Å². The molecule has 5 heteroatoms. The first kappa shape index (κ1) is 13.5. The number of hydrogen-bond acceptors (Lipinski definition) is 2. The van der Waals surface area contributed by atoms with Crippen LogP contribution >= 0.6 is 15.9 Å². The third-order valence-electron chi connectivity index (χ3n) is 2.63. The van der Waals surface area contributed by atoms with E-state index in [0.29, 0.717) is 15.6 Å². The zero-order valence-corrected chi connectivity index (χ0v) is 11.7. The molecule has 2 N–H and O–H groups in total. The number of benzene rings is 2. The smallest absolute Gasteiger partial charge is 0.256 e. The quantitative estimate of drug-likeness (QED) is 0.881. The largest absolute Gasteiger partial charge is 0.508 e. The molecule has 0 saturated heterocycles. The summed E-state index contributed by atoms with van der Waals surface area (Å²) in [6.07, 6.45) is 0. The number of anilines is 1. The second-order valence-electron chi connectivity index (χ2n) is 4.08. The van der Waals surface area contributed by atoms with Crippen molar-refractivity contribution in [1.82, 2.24) is 0 Å². The third-order valence-corrected chi connectivity index (χ3v) is 3.13. The summed E-state index contributed by atoms with van der Waals surface area (Å²) in [7, 11) is 0. The predicted molar refractivity (Wildman–Crippen MR) is 74.9 cm³/mol. The zero-order valence-electron chi connectivity index (χ0n) is 10.1. The van der Waals surface area contributed by atoms with E-state index in [1.165, 1.54) is 30.3 Å². The van der Waals surface area contributed by atoms with Gasteiger partial charge < -0.3 is 10.4 Å². The standard InChI is InChI=1S/C14H11BrFNO2/c1-8-6-10(18)3-4-11(8)14(19)17-13-5-2-9(15)7-12(13)16/h2-7,18H,1H3,(H,17,19). The van der Waals surface area contributed by atoms with Crippen LogP contribution in [0, 0.1) is 12.7 Å². The Morgan fingerprint density at radius 2 is 2.00 bits per heavy atom. The van der Waals surface area contributed by atoms with Crippen molar-refractivity contribution in [2.24, 2.45) is 0 Å². The van der Waals surface area contributed by atoms with Crippen molar-refractivity contribution in [3.05, 3.63) is 57.8 Å². The van der Waals surface area contributed by atoms with Crippen molar-refractivity contribution in [3.63, 3.8) is 0 Å². The number of rotatable bonds is 2. The third kappa shape index (κ3) is 3.12. The van der Waals surface area contributed by atoms with Gasteiger partial charge in [0.1, 0.15) is 11.6 Å². The molecule has 0 aliphatic carbocycles. The molecule has 0 unspecified atom stereocenters. The van der Waals surface area contributed by atoms with Crippen LogP contribution in [0.4, 0.5) is 10.1 Å². The fourth-order valence-electron chi connectivity index (χ4n) is 1.68. The Kier molecular flexibility index (Phi) is 3.85. The summed E-state index contributed by atoms with van der Waals surface area (Å²) in [6.45, 7) is 1.70. The van der Waals surface area contributed by atoms with E-state index in [2.05, 4.69) is 21.2 Å². The van der Waals surface area contributed by atoms with E-state index >= 15 is 0 Å². The highest BCUT2D eigenvalue weighted by atomic mass is 79.9. The number of carbonyl (C=O) groups excluding carboxylic acids is 1. The van der Waals surface area contributed by atoms with Crippen LogP contribution < -0.4 is 5.32 Å². The minimum absolute atomic E-state index is 0.0869. The molecular weight excluding hydrogens is 313 g/mol. The number of halogens is 2. The molecule has 0 aliphatic rings. The SMILES string of the molecule is Cc1cc(O)ccc1C(=O)Nc1ccc(Br)cc1F. The van der Waals surface area contributed by atoms with Gasteiger partial charge in [0, 0.05) is 10.0 Å². The van der Waals surface area contributed by atoms with Crippen molar-refractivity contribution in [1.29, 1.82) is 0 Å². The minimum atomic E-state index is -0.515. The molecule has 0 aromatic heterocycles. The molecule has 3 nitrogen and oxygen atoms in total. The summed E-state index contributed by atoms with van der Waals surface area (Å²) in [5.74, 6) is -0.846. The molecule has 2 aromatic carbocycles. The predicted octanol–water partition coefficient (Wildman–Crippen LogP) is 3.85. The second kappa shape index (κ2) is 5.40. The number of nitrogens with one attached hydrogen (secondary N) is 1. The second-order valence-corrected chi connectivity index (χ2v) is 4.99. The van der Waals surface area contributed by atoms with Crippen LogP contribution in [0.2, 0.25) is 0 Å². The number of aromatic hydroxyl groups is 1. The van der Waals surface area contributed by atoms with Crippen molar-refractivity contribution in [3.8, 4) is 5.75 Å². The van der Waals surface area contributed by atoms with Crippen LogP contribution in [0.25, 0.3) is 0 Å². The van der Waals surface area contributed by atoms with Gasteiger partial charge in [-0.2, -0.15) is 0 Å². The van der Waals surface area contributed by atoms with Crippen LogP contribution in [-0.2, 0) is 0 Å². The lowest BCUT2D eigenvalue weighted by molar-refractivity contribution is 0.102. The van der Waals surface area contributed by atoms with Crippen molar-refractivity contribution in [2.45, 2.75) is 6.92 Å². The number of aryl methyl sites for hydroxylation is 1. The zero-order chi connectivity index (χ0) is 14.0. The van der Waals surface area contributed by atoms with Crippen molar-refractivity contribution >= 4 is 27.5 Å². The summed E-state index contributed by atoms with van der Waals surface area (Å²) < 4.78 is 14.2. The first-order valence-electron chi connectivity index (χ1n) is 5.53. The summed E-state index contributed by atoms with van der Waals surface area (Å²) in [5.41, 5.74) is 1.12. The molecule has 1 amide bonds. The molecule has 0 saturated carbocycles. The average molecular weight is 324 g/mol. The molecule has 19 heavy (non-hydrogen) atoms. The summed E-state index contributed by atoms with van der Waals surface area (Å²) in [5, 5.41) is 11.8. The topological polar surface area (TPSA) is 49.3 Å². The monoisotopic (exact) mass is 323 g/mol. The van der Waals surface area contributed by atoms with E-state index in [0.717, 1.165) is 0 Å². The van der Waals surface area contributed by atoms with E-state index in [4.69, 9.17) is 0 Å². The first-order chi connectivity index (χ1) is 8.97. The van der Waals surface area contributed by atoms with Gasteiger partial charge in [-0.25, -0.2) is 4.39 Å². The summed E-state index contributed by atoms with van der Waals surface area (Å²) in [4.78, 5) is 12.0. The van der Waals surface area contributed by atoms with Crippen LogP contribution in [0.15, 0.2) is 40.9 Å². The van der Waals surface area contributed by atoms with Gasteiger partial charge in [-0.15, -0.1) is 0 Å². The highest BCUT2D eigenvalue weighted by molar-refractivity contribution is 9.10. The maximum atomic E-state index is 13.6. The van der Waals surface area contributed by atoms with Gasteiger partial charge in [-0.3, -0.25) is 4.79 Å². The number of phenolic OH excluding ortho intramolecular Hbond substituents is 1. The van der Waals surface area contributed by atoms with Gasteiger partial charge in [0.05, 0.1) is 5.69 Å². The molecular formula is C14H11BrFNO2. The Morgan fingerprint density at radius 3 is 2.63 bits per heavy atom. The molecule has 0 aliphatic heterocycles. The number of carbonyl (C=O) groups is 1. The van der Waals surface area contributed by atoms with Gasteiger partial charge in [0.2, 0.25) is 0 Å². The Morgan fingerprint density at radius 1 is 1.26 bits per heavy atom. The molecule has 0 bridgehead atoms. The highest BCUT2D eigenvalue weighted by Gasteiger charge is 2.12. The summed E-state index contributed by atoms with van der Waals surface area (Å²) in [6, 6.07) is 8.79. The molecule has 0 spiro atoms. The van der Waals surface area contributed by atoms with Gasteiger partial charge in [-0.1, -0.05) is 15.9 Å². The number of phenols is 1. The van der Waals surface area contributed by atoms with E-state index in [9.17, 15) is 14.3 Å². The van der Waals surface area contributed by atoms with Crippen LogP contribution in [0.3, 0.4) is 0 Å². The first-order valence-corrected chi connectivity index (χ1v) is 6.32. The molecule has 0 fully saturated rings. The van der Waals surface area contributed by atoms with Crippen LogP contribution in [-0.4, -0.2) is 11.0 Å². The van der Waals surface area contributed by atoms with Crippen molar-refractivity contribution in [2.75, 3.05) is 5.32 Å². The lowest BCUT2D eigenvalue weighted by atomic mass is 10.1. The van der Waals surface area contributed by atoms with Gasteiger partial charge in [0.25, 0.3) is 5.91 Å². The fourth-order valence-corrected chi connectivity index (χ4v) is 2.02. The maximum Gasteiger partial charge on any atom is 0.256 e. The maximum absolute atomic E-state index is 13.6. The molecule has 98 valence electrons. The van der Waals surface area contributed by atoms with Crippen LogP contribution in [0.5, 0.6) is 5.75 Å². The van der Waals surface area contributed by atoms with Crippen LogP contribution in [0.1, 0.15) is 15.9 Å². The molecule has 0 heterocycles. The minimum Gasteiger partial charge on any atom is -0.508 e. The van der Waals surface area contributed by atoms with Gasteiger partial charge >= 0.3 is 0 Å². The lowest BCUT2D eigenvalue weighted by Gasteiger charge is -2.09. The number of hydrogen-bond donors (Lipinski definition) is 2. The molecule has 2 rings (SSSR count). The Bertz CT molecular complexity index is 643. The number of amides is 1. The van der Waals surface area contributed by atoms with Gasteiger partial charge in [-0.05, 0) is 48.9 Å². The Hall–Kier alpha value is -1.88. The summed E-state index contributed by atoms with van der Waals surface area (Å²) >= 11 is 3.15. The Balaban J connectivity index is 2.25. The normalized spacial score (nSPS) is 10.3. The Labute approximate surface area is 118 Å². The fraction of sp³-hybridized carbons (Fsp3) is 0.0714. The molecule has 0 atom stereocenters. The van der Waals surface area contributed by atoms with Gasteiger partial charge in [0.15, 0.2) is 0 Å².